The van der Waals surface area contributed by atoms with Crippen molar-refractivity contribution in [1.29, 1.82) is 0 Å². The van der Waals surface area contributed by atoms with Crippen LogP contribution in [0.5, 0.6) is 0 Å². The maximum absolute atomic E-state index is 14.5. The van der Waals surface area contributed by atoms with Crippen molar-refractivity contribution in [1.82, 2.24) is 9.88 Å². The summed E-state index contributed by atoms with van der Waals surface area (Å²) in [6, 6.07) is 2.17. The number of piperidine rings is 1. The summed E-state index contributed by atoms with van der Waals surface area (Å²) in [6.45, 7) is -0.0839. The molecular weight excluding hydrogens is 281 g/mol. The van der Waals surface area contributed by atoms with Gasteiger partial charge in [0.1, 0.15) is 6.17 Å². The van der Waals surface area contributed by atoms with E-state index in [4.69, 9.17) is 0 Å². The first kappa shape index (κ1) is 12.7. The van der Waals surface area contributed by atoms with Crippen LogP contribution < -0.4 is 0 Å². The highest BCUT2D eigenvalue weighted by atomic mass is 19.2. The second-order valence-corrected chi connectivity index (χ2v) is 5.66. The largest absolute Gasteiger partial charge is 0.356 e. The number of hydrogen-bond acceptors (Lipinski definition) is 1. The summed E-state index contributed by atoms with van der Waals surface area (Å²) in [5.74, 6) is -2.09. The smallest absolute Gasteiger partial charge is 0.223 e. The maximum atomic E-state index is 14.5. The number of hydrogen-bond donors (Lipinski definition) is 1. The molecule has 4 rings (SSSR count). The fraction of sp³-hybridized carbons (Fsp3) is 0.400. The van der Waals surface area contributed by atoms with Gasteiger partial charge in [-0.05, 0) is 25.0 Å². The monoisotopic (exact) mass is 294 g/mol. The summed E-state index contributed by atoms with van der Waals surface area (Å²) >= 11 is 0. The van der Waals surface area contributed by atoms with Crippen molar-refractivity contribution in [2.75, 3.05) is 6.54 Å². The fourth-order valence-corrected chi connectivity index (χ4v) is 3.57. The Kier molecular flexibility index (Phi) is 2.58. The molecule has 1 fully saturated rings. The zero-order valence-corrected chi connectivity index (χ0v) is 11.1. The molecule has 1 N–H and O–H groups in total. The Balaban J connectivity index is 1.98. The molecule has 2 aromatic rings. The lowest BCUT2D eigenvalue weighted by atomic mass is 9.89. The van der Waals surface area contributed by atoms with Crippen molar-refractivity contribution in [3.8, 4) is 0 Å². The lowest BCUT2D eigenvalue weighted by molar-refractivity contribution is -0.138. The summed E-state index contributed by atoms with van der Waals surface area (Å²) in [5.41, 5.74) is 1.07. The van der Waals surface area contributed by atoms with Gasteiger partial charge in [0.15, 0.2) is 11.6 Å². The van der Waals surface area contributed by atoms with Crippen LogP contribution in [-0.2, 0) is 4.79 Å². The molecule has 1 saturated heterocycles. The highest BCUT2D eigenvalue weighted by molar-refractivity contribution is 5.87. The van der Waals surface area contributed by atoms with Crippen LogP contribution in [0.3, 0.4) is 0 Å². The Morgan fingerprint density at radius 1 is 1.29 bits per heavy atom. The van der Waals surface area contributed by atoms with E-state index in [-0.39, 0.29) is 29.4 Å². The van der Waals surface area contributed by atoms with E-state index < -0.39 is 17.8 Å². The number of carbonyl (C=O) groups excluding carboxylic acids is 1. The van der Waals surface area contributed by atoms with E-state index in [2.05, 4.69) is 4.98 Å². The number of halogens is 3. The van der Waals surface area contributed by atoms with Gasteiger partial charge >= 0.3 is 0 Å². The molecule has 6 heteroatoms. The number of alkyl halides is 1. The van der Waals surface area contributed by atoms with Gasteiger partial charge in [0.25, 0.3) is 0 Å². The first-order valence-electron chi connectivity index (χ1n) is 7.01. The Morgan fingerprint density at radius 2 is 2.10 bits per heavy atom. The van der Waals surface area contributed by atoms with E-state index in [0.717, 1.165) is 12.5 Å². The van der Waals surface area contributed by atoms with Crippen molar-refractivity contribution in [2.24, 2.45) is 0 Å². The van der Waals surface area contributed by atoms with E-state index in [1.165, 1.54) is 11.0 Å². The highest BCUT2D eigenvalue weighted by Crippen LogP contribution is 2.45. The standard InChI is InChI=1S/C15H13F3N2O/c16-7-4-5-9-13(14(7)18)12-8(17)6-20-10(15(12)19-9)2-1-3-11(20)21/h4-5,8,10,19H,1-3,6H2/t8-,10-/m0/s1. The summed E-state index contributed by atoms with van der Waals surface area (Å²) in [4.78, 5) is 16.4. The molecule has 21 heavy (non-hydrogen) atoms. The summed E-state index contributed by atoms with van der Waals surface area (Å²) in [7, 11) is 0. The van der Waals surface area contributed by atoms with Crippen molar-refractivity contribution in [2.45, 2.75) is 31.5 Å². The Bertz CT molecular complexity index is 755. The zero-order valence-electron chi connectivity index (χ0n) is 11.1. The van der Waals surface area contributed by atoms with E-state index in [0.29, 0.717) is 24.1 Å². The number of H-pyrrole nitrogens is 1. The quantitative estimate of drug-likeness (QED) is 0.793. The van der Waals surface area contributed by atoms with Crippen molar-refractivity contribution < 1.29 is 18.0 Å². The number of nitrogens with zero attached hydrogens (tertiary/aromatic N) is 1. The van der Waals surface area contributed by atoms with Gasteiger partial charge in [0, 0.05) is 28.6 Å². The molecule has 0 aliphatic carbocycles. The second-order valence-electron chi connectivity index (χ2n) is 5.66. The van der Waals surface area contributed by atoms with Gasteiger partial charge in [-0.25, -0.2) is 13.2 Å². The van der Waals surface area contributed by atoms with Crippen LogP contribution in [0.1, 0.15) is 42.7 Å². The molecule has 0 saturated carbocycles. The van der Waals surface area contributed by atoms with Crippen LogP contribution >= 0.6 is 0 Å². The Labute approximate surface area is 118 Å². The molecule has 3 heterocycles. The molecule has 2 aliphatic heterocycles. The Hall–Kier alpha value is -1.98. The SMILES string of the molecule is O=C1CCC[C@H]2c3[nH]c4ccc(F)c(F)c4c3[C@@H](F)CN12. The minimum absolute atomic E-state index is 0.0184. The molecular formula is C15H13F3N2O. The molecule has 2 atom stereocenters. The molecule has 3 nitrogen and oxygen atoms in total. The highest BCUT2D eigenvalue weighted by Gasteiger charge is 2.41. The summed E-state index contributed by atoms with van der Waals surface area (Å²) < 4.78 is 42.0. The first-order valence-corrected chi connectivity index (χ1v) is 7.01. The minimum Gasteiger partial charge on any atom is -0.356 e. The average molecular weight is 294 g/mol. The van der Waals surface area contributed by atoms with Gasteiger partial charge in [-0.3, -0.25) is 4.79 Å². The predicted molar refractivity (Wildman–Crippen MR) is 70.4 cm³/mol. The lowest BCUT2D eigenvalue weighted by Gasteiger charge is -2.40. The van der Waals surface area contributed by atoms with Gasteiger partial charge < -0.3 is 9.88 Å². The van der Waals surface area contributed by atoms with Crippen LogP contribution in [-0.4, -0.2) is 22.3 Å². The van der Waals surface area contributed by atoms with E-state index in [1.807, 2.05) is 0 Å². The topological polar surface area (TPSA) is 36.1 Å². The number of aromatic amines is 1. The van der Waals surface area contributed by atoms with Gasteiger partial charge in [-0.15, -0.1) is 0 Å². The van der Waals surface area contributed by atoms with Gasteiger partial charge in [-0.2, -0.15) is 0 Å². The third-order valence-corrected chi connectivity index (χ3v) is 4.49. The number of amides is 1. The molecule has 2 aliphatic rings. The molecule has 0 bridgehead atoms. The number of aromatic nitrogens is 1. The molecule has 1 aromatic carbocycles. The zero-order chi connectivity index (χ0) is 14.7. The van der Waals surface area contributed by atoms with Crippen LogP contribution in [0, 0.1) is 11.6 Å². The summed E-state index contributed by atoms with van der Waals surface area (Å²) in [6.07, 6.45) is 0.357. The van der Waals surface area contributed by atoms with Crippen LogP contribution in [0.2, 0.25) is 0 Å². The maximum Gasteiger partial charge on any atom is 0.223 e. The van der Waals surface area contributed by atoms with Crippen LogP contribution in [0.15, 0.2) is 12.1 Å². The molecule has 0 unspecified atom stereocenters. The molecule has 1 amide bonds. The number of benzene rings is 1. The van der Waals surface area contributed by atoms with E-state index in [1.54, 1.807) is 0 Å². The van der Waals surface area contributed by atoms with E-state index >= 15 is 0 Å². The molecule has 0 spiro atoms. The lowest BCUT2D eigenvalue weighted by Crippen LogP contribution is -2.43. The number of fused-ring (bicyclic) bond motifs is 5. The van der Waals surface area contributed by atoms with Gasteiger partial charge in [0.2, 0.25) is 5.91 Å². The minimum atomic E-state index is -1.50. The molecule has 110 valence electrons. The average Bonchev–Trinajstić information content (AvgIpc) is 2.85. The normalized spacial score (nSPS) is 25.1. The van der Waals surface area contributed by atoms with Gasteiger partial charge in [-0.1, -0.05) is 0 Å². The first-order chi connectivity index (χ1) is 10.1. The van der Waals surface area contributed by atoms with Crippen LogP contribution in [0.4, 0.5) is 13.2 Å². The molecule has 0 radical (unpaired) electrons. The number of carbonyl (C=O) groups is 1. The third-order valence-electron chi connectivity index (χ3n) is 4.49. The summed E-state index contributed by atoms with van der Waals surface area (Å²) in [5, 5.41) is -0.0184. The fourth-order valence-electron chi connectivity index (χ4n) is 3.57. The van der Waals surface area contributed by atoms with Crippen molar-refractivity contribution in [3.05, 3.63) is 35.0 Å². The Morgan fingerprint density at radius 3 is 2.90 bits per heavy atom. The van der Waals surface area contributed by atoms with Crippen LogP contribution in [0.25, 0.3) is 10.9 Å². The third kappa shape index (κ3) is 1.65. The van der Waals surface area contributed by atoms with Crippen molar-refractivity contribution in [3.63, 3.8) is 0 Å². The van der Waals surface area contributed by atoms with E-state index in [9.17, 15) is 18.0 Å². The molecule has 1 aromatic heterocycles. The number of rotatable bonds is 0. The predicted octanol–water partition coefficient (Wildman–Crippen LogP) is 3.52. The van der Waals surface area contributed by atoms with Crippen molar-refractivity contribution >= 4 is 16.8 Å². The van der Waals surface area contributed by atoms with Gasteiger partial charge in [0.05, 0.1) is 12.6 Å². The second kappa shape index (κ2) is 4.26. The number of nitrogens with one attached hydrogen (secondary N) is 1.